The average Bonchev–Trinajstić information content (AvgIpc) is 2.94. The number of carbonyl (C=O) groups is 1. The third kappa shape index (κ3) is 5.78. The van der Waals surface area contributed by atoms with Crippen molar-refractivity contribution in [3.05, 3.63) is 57.3 Å². The molecule has 0 aliphatic rings. The lowest BCUT2D eigenvalue weighted by molar-refractivity contribution is 0.0955. The topological polar surface area (TPSA) is 75.3 Å². The van der Waals surface area contributed by atoms with Crippen molar-refractivity contribution in [1.29, 1.82) is 0 Å². The van der Waals surface area contributed by atoms with Crippen LogP contribution in [-0.2, 0) is 23.0 Å². The number of thiophene rings is 1. The van der Waals surface area contributed by atoms with Gasteiger partial charge < -0.3 is 5.32 Å². The molecule has 7 heteroatoms. The maximum absolute atomic E-state index is 12.2. The maximum Gasteiger partial charge on any atom is 0.261 e. The second kappa shape index (κ2) is 7.72. The van der Waals surface area contributed by atoms with Crippen LogP contribution in [0, 0.1) is 6.92 Å². The van der Waals surface area contributed by atoms with Crippen molar-refractivity contribution in [3.63, 3.8) is 0 Å². The molecule has 0 saturated heterocycles. The van der Waals surface area contributed by atoms with E-state index in [1.807, 2.05) is 37.3 Å². The Morgan fingerprint density at radius 2 is 1.91 bits per heavy atom. The summed E-state index contributed by atoms with van der Waals surface area (Å²) >= 11 is 1.38. The van der Waals surface area contributed by atoms with Gasteiger partial charge in [0.25, 0.3) is 5.91 Å². The number of hydrogen-bond acceptors (Lipinski definition) is 4. The molecule has 0 unspecified atom stereocenters. The third-order valence-corrected chi connectivity index (χ3v) is 5.19. The number of carbonyl (C=O) groups excluding carboxylic acids is 1. The van der Waals surface area contributed by atoms with Gasteiger partial charge in [-0.25, -0.2) is 13.1 Å². The van der Waals surface area contributed by atoms with Crippen LogP contribution in [-0.4, -0.2) is 27.1 Å². The summed E-state index contributed by atoms with van der Waals surface area (Å²) in [5.41, 5.74) is 2.24. The zero-order chi connectivity index (χ0) is 16.9. The molecule has 1 aromatic heterocycles. The summed E-state index contributed by atoms with van der Waals surface area (Å²) in [6.07, 6.45) is 1.70. The van der Waals surface area contributed by atoms with E-state index in [1.165, 1.54) is 11.3 Å². The van der Waals surface area contributed by atoms with E-state index in [-0.39, 0.29) is 5.91 Å². The maximum atomic E-state index is 12.2. The fourth-order valence-corrected chi connectivity index (χ4v) is 3.46. The standard InChI is InChI=1S/C16H20N2O3S2/c1-12-5-3-4-6-13(12)11-17-16(19)15-8-7-14(22-15)9-10-18-23(2,20)21/h3-8,18H,9-11H2,1-2H3,(H,17,19). The molecule has 2 N–H and O–H groups in total. The summed E-state index contributed by atoms with van der Waals surface area (Å²) in [6.45, 7) is 2.84. The van der Waals surface area contributed by atoms with E-state index in [4.69, 9.17) is 0 Å². The summed E-state index contributed by atoms with van der Waals surface area (Å²) in [5.74, 6) is -0.111. The van der Waals surface area contributed by atoms with Gasteiger partial charge in [0.2, 0.25) is 10.0 Å². The number of rotatable bonds is 7. The fourth-order valence-electron chi connectivity index (χ4n) is 2.06. The van der Waals surface area contributed by atoms with Crippen LogP contribution in [0.2, 0.25) is 0 Å². The molecule has 0 saturated carbocycles. The van der Waals surface area contributed by atoms with Crippen molar-refractivity contribution in [2.75, 3.05) is 12.8 Å². The number of benzene rings is 1. The highest BCUT2D eigenvalue weighted by Gasteiger charge is 2.10. The van der Waals surface area contributed by atoms with Crippen LogP contribution in [0.5, 0.6) is 0 Å². The van der Waals surface area contributed by atoms with E-state index in [1.54, 1.807) is 6.07 Å². The predicted molar refractivity (Wildman–Crippen MR) is 93.2 cm³/mol. The Bertz CT molecular complexity index is 782. The van der Waals surface area contributed by atoms with Gasteiger partial charge in [0.05, 0.1) is 11.1 Å². The van der Waals surface area contributed by atoms with E-state index in [0.29, 0.717) is 24.4 Å². The lowest BCUT2D eigenvalue weighted by Gasteiger charge is -2.06. The van der Waals surface area contributed by atoms with Gasteiger partial charge in [0, 0.05) is 18.0 Å². The first kappa shape index (κ1) is 17.7. The third-order valence-electron chi connectivity index (χ3n) is 3.32. The van der Waals surface area contributed by atoms with Crippen LogP contribution in [0.1, 0.15) is 25.7 Å². The quantitative estimate of drug-likeness (QED) is 0.801. The van der Waals surface area contributed by atoms with Crippen LogP contribution in [0.3, 0.4) is 0 Å². The highest BCUT2D eigenvalue weighted by atomic mass is 32.2. The number of amides is 1. The zero-order valence-electron chi connectivity index (χ0n) is 13.1. The van der Waals surface area contributed by atoms with Gasteiger partial charge in [-0.2, -0.15) is 0 Å². The molecular weight excluding hydrogens is 332 g/mol. The Balaban J connectivity index is 1.87. The minimum absolute atomic E-state index is 0.111. The molecule has 0 aliphatic carbocycles. The number of aryl methyl sites for hydroxylation is 1. The summed E-state index contributed by atoms with van der Waals surface area (Å²) < 4.78 is 24.5. The van der Waals surface area contributed by atoms with Crippen molar-refractivity contribution >= 4 is 27.3 Å². The van der Waals surface area contributed by atoms with Gasteiger partial charge >= 0.3 is 0 Å². The Hall–Kier alpha value is -1.70. The molecular formula is C16H20N2O3S2. The predicted octanol–water partition coefficient (Wildman–Crippen LogP) is 2.08. The lowest BCUT2D eigenvalue weighted by atomic mass is 10.1. The summed E-state index contributed by atoms with van der Waals surface area (Å²) in [6, 6.07) is 11.6. The van der Waals surface area contributed by atoms with Gasteiger partial charge in [-0.05, 0) is 36.6 Å². The van der Waals surface area contributed by atoms with Gasteiger partial charge in [-0.1, -0.05) is 24.3 Å². The fraction of sp³-hybridized carbons (Fsp3) is 0.312. The van der Waals surface area contributed by atoms with Crippen molar-refractivity contribution in [1.82, 2.24) is 10.0 Å². The Morgan fingerprint density at radius 1 is 1.17 bits per heavy atom. The first-order valence-corrected chi connectivity index (χ1v) is 9.92. The van der Waals surface area contributed by atoms with Gasteiger partial charge in [0.1, 0.15) is 0 Å². The molecule has 0 fully saturated rings. The normalized spacial score (nSPS) is 11.4. The summed E-state index contributed by atoms with van der Waals surface area (Å²) in [4.78, 5) is 13.8. The summed E-state index contributed by atoms with van der Waals surface area (Å²) in [7, 11) is -3.17. The molecule has 0 atom stereocenters. The first-order valence-electron chi connectivity index (χ1n) is 7.21. The smallest absolute Gasteiger partial charge is 0.261 e. The van der Waals surface area contributed by atoms with Crippen LogP contribution in [0.25, 0.3) is 0 Å². The highest BCUT2D eigenvalue weighted by molar-refractivity contribution is 7.88. The molecule has 0 bridgehead atoms. The van der Waals surface area contributed by atoms with E-state index >= 15 is 0 Å². The monoisotopic (exact) mass is 352 g/mol. The number of hydrogen-bond donors (Lipinski definition) is 2. The molecule has 1 aromatic carbocycles. The van der Waals surface area contributed by atoms with Crippen molar-refractivity contribution in [2.45, 2.75) is 19.9 Å². The Kier molecular flexibility index (Phi) is 5.92. The van der Waals surface area contributed by atoms with Gasteiger partial charge in [-0.15, -0.1) is 11.3 Å². The molecule has 0 aliphatic heterocycles. The SMILES string of the molecule is Cc1ccccc1CNC(=O)c1ccc(CCNS(C)(=O)=O)s1. The van der Waals surface area contributed by atoms with Crippen molar-refractivity contribution < 1.29 is 13.2 Å². The highest BCUT2D eigenvalue weighted by Crippen LogP contribution is 2.17. The van der Waals surface area contributed by atoms with Crippen LogP contribution >= 0.6 is 11.3 Å². The van der Waals surface area contributed by atoms with E-state index in [9.17, 15) is 13.2 Å². The molecule has 5 nitrogen and oxygen atoms in total. The van der Waals surface area contributed by atoms with Gasteiger partial charge in [-0.3, -0.25) is 4.79 Å². The average molecular weight is 352 g/mol. The molecule has 1 heterocycles. The minimum Gasteiger partial charge on any atom is -0.347 e. The number of nitrogens with one attached hydrogen (secondary N) is 2. The van der Waals surface area contributed by atoms with Crippen molar-refractivity contribution in [2.24, 2.45) is 0 Å². The molecule has 0 spiro atoms. The molecule has 0 radical (unpaired) electrons. The lowest BCUT2D eigenvalue weighted by Crippen LogP contribution is -2.24. The second-order valence-electron chi connectivity index (χ2n) is 5.29. The van der Waals surface area contributed by atoms with Gasteiger partial charge in [0.15, 0.2) is 0 Å². The Labute approximate surface area is 140 Å². The zero-order valence-corrected chi connectivity index (χ0v) is 14.8. The van der Waals surface area contributed by atoms with Crippen molar-refractivity contribution in [3.8, 4) is 0 Å². The summed E-state index contributed by atoms with van der Waals surface area (Å²) in [5, 5.41) is 2.91. The van der Waals surface area contributed by atoms with E-state index in [2.05, 4.69) is 10.0 Å². The minimum atomic E-state index is -3.17. The van der Waals surface area contributed by atoms with Crippen LogP contribution in [0.4, 0.5) is 0 Å². The molecule has 2 rings (SSSR count). The molecule has 2 aromatic rings. The first-order chi connectivity index (χ1) is 10.8. The number of sulfonamides is 1. The van der Waals surface area contributed by atoms with Crippen LogP contribution in [0.15, 0.2) is 36.4 Å². The Morgan fingerprint density at radius 3 is 2.61 bits per heavy atom. The van der Waals surface area contributed by atoms with Crippen LogP contribution < -0.4 is 10.0 Å². The molecule has 1 amide bonds. The van der Waals surface area contributed by atoms with E-state index in [0.717, 1.165) is 22.3 Å². The molecule has 124 valence electrons. The molecule has 23 heavy (non-hydrogen) atoms. The largest absolute Gasteiger partial charge is 0.347 e. The second-order valence-corrected chi connectivity index (χ2v) is 8.29. The van der Waals surface area contributed by atoms with E-state index < -0.39 is 10.0 Å².